The second-order valence-corrected chi connectivity index (χ2v) is 11.5. The van der Waals surface area contributed by atoms with Crippen LogP contribution in [-0.2, 0) is 16.2 Å². The lowest BCUT2D eigenvalue weighted by Crippen LogP contribution is -2.54. The van der Waals surface area contributed by atoms with Gasteiger partial charge in [-0.1, -0.05) is 30.5 Å². The van der Waals surface area contributed by atoms with Crippen LogP contribution >= 0.6 is 0 Å². The van der Waals surface area contributed by atoms with Gasteiger partial charge in [0.25, 0.3) is 5.91 Å². The monoisotopic (exact) mass is 475 g/mol. The van der Waals surface area contributed by atoms with E-state index in [0.717, 1.165) is 62.6 Å². The van der Waals surface area contributed by atoms with Gasteiger partial charge in [0.1, 0.15) is 5.60 Å². The lowest BCUT2D eigenvalue weighted by atomic mass is 9.46. The minimum atomic E-state index is -0.950. The first-order valence-corrected chi connectivity index (χ1v) is 13.0. The van der Waals surface area contributed by atoms with Gasteiger partial charge in [0.2, 0.25) is 0 Å². The third-order valence-electron chi connectivity index (χ3n) is 9.98. The number of amides is 1. The van der Waals surface area contributed by atoms with Gasteiger partial charge in [-0.05, 0) is 98.3 Å². The maximum Gasteiger partial charge on any atom is 0.261 e. The predicted molar refractivity (Wildman–Crippen MR) is 135 cm³/mol. The van der Waals surface area contributed by atoms with Gasteiger partial charge in [0.05, 0.1) is 5.71 Å². The van der Waals surface area contributed by atoms with Crippen LogP contribution in [0.1, 0.15) is 70.8 Å². The third kappa shape index (κ3) is 4.08. The molecule has 6 atom stereocenters. The predicted octanol–water partition coefficient (Wildman–Crippen LogP) is 4.40. The molecule has 0 unspecified atom stereocenters. The Hall–Kier alpha value is -2.65. The molecule has 3 saturated carbocycles. The van der Waals surface area contributed by atoms with Crippen molar-refractivity contribution < 1.29 is 14.7 Å². The van der Waals surface area contributed by atoms with Crippen LogP contribution in [-0.4, -0.2) is 33.9 Å². The average molecular weight is 476 g/mol. The number of rotatable bonds is 5. The molecular weight excluding hydrogens is 438 g/mol. The molecule has 0 radical (unpaired) electrons. The lowest BCUT2D eigenvalue weighted by molar-refractivity contribution is -0.125. The van der Waals surface area contributed by atoms with Crippen molar-refractivity contribution in [3.63, 3.8) is 0 Å². The number of aliphatic hydroxyl groups is 1. The molecule has 0 aromatic carbocycles. The van der Waals surface area contributed by atoms with E-state index in [4.69, 9.17) is 11.3 Å². The summed E-state index contributed by atoms with van der Waals surface area (Å²) in [6.07, 6.45) is 19.5. The Labute approximate surface area is 208 Å². The number of oxime groups is 1. The fraction of sp³-hybridized carbons (Fsp3) is 0.621. The Bertz CT molecular complexity index is 1080. The molecule has 1 amide bonds. The zero-order chi connectivity index (χ0) is 24.7. The van der Waals surface area contributed by atoms with Crippen molar-refractivity contribution in [1.29, 1.82) is 0 Å². The van der Waals surface area contributed by atoms with Gasteiger partial charge in [-0.15, -0.1) is 6.42 Å². The Balaban J connectivity index is 1.21. The summed E-state index contributed by atoms with van der Waals surface area (Å²) < 4.78 is 0. The second kappa shape index (κ2) is 9.09. The summed E-state index contributed by atoms with van der Waals surface area (Å²) in [7, 11) is 0. The van der Waals surface area contributed by atoms with Crippen molar-refractivity contribution in [3.05, 3.63) is 41.7 Å². The van der Waals surface area contributed by atoms with Crippen LogP contribution in [0, 0.1) is 40.9 Å². The summed E-state index contributed by atoms with van der Waals surface area (Å²) >= 11 is 0. The van der Waals surface area contributed by atoms with E-state index in [9.17, 15) is 9.90 Å². The summed E-state index contributed by atoms with van der Waals surface area (Å²) in [5.41, 5.74) is 2.46. The first-order chi connectivity index (χ1) is 16.8. The molecule has 4 aliphatic carbocycles. The largest absolute Gasteiger partial charge is 0.385 e. The number of aromatic nitrogens is 1. The molecule has 5 rings (SSSR count). The van der Waals surface area contributed by atoms with E-state index in [0.29, 0.717) is 24.3 Å². The third-order valence-corrected chi connectivity index (χ3v) is 9.98. The van der Waals surface area contributed by atoms with Gasteiger partial charge in [0, 0.05) is 24.4 Å². The van der Waals surface area contributed by atoms with Gasteiger partial charge in [-0.2, -0.15) is 0 Å². The minimum Gasteiger partial charge on any atom is -0.385 e. The van der Waals surface area contributed by atoms with Gasteiger partial charge >= 0.3 is 0 Å². The second-order valence-electron chi connectivity index (χ2n) is 11.5. The Morgan fingerprint density at radius 3 is 2.74 bits per heavy atom. The number of pyridine rings is 1. The van der Waals surface area contributed by atoms with Crippen molar-refractivity contribution in [2.24, 2.45) is 33.7 Å². The summed E-state index contributed by atoms with van der Waals surface area (Å²) in [5, 5.41) is 18.3. The van der Waals surface area contributed by atoms with Gasteiger partial charge < -0.3 is 15.3 Å². The lowest BCUT2D eigenvalue weighted by Gasteiger charge is -2.58. The minimum absolute atomic E-state index is 0.0852. The van der Waals surface area contributed by atoms with E-state index in [-0.39, 0.29) is 23.3 Å². The molecule has 1 heterocycles. The molecule has 186 valence electrons. The number of hydrogen-bond donors (Lipinski definition) is 2. The van der Waals surface area contributed by atoms with Crippen molar-refractivity contribution in [3.8, 4) is 12.3 Å². The molecule has 0 saturated heterocycles. The van der Waals surface area contributed by atoms with Gasteiger partial charge in [0.15, 0.2) is 6.61 Å². The summed E-state index contributed by atoms with van der Waals surface area (Å²) in [6.45, 7) is 5.04. The fourth-order valence-corrected chi connectivity index (χ4v) is 7.82. The SMILES string of the molecule is C#C[C@@]1(O)CC[C@H]2[C@@H]3CCC4=C/C(=N\OCC(=O)NCc5ccncc5)CC[C@]4(C)[C@H]3CC[C@@]21C. The zero-order valence-electron chi connectivity index (χ0n) is 20.9. The fourth-order valence-electron chi connectivity index (χ4n) is 7.82. The molecule has 6 nitrogen and oxygen atoms in total. The molecule has 6 heteroatoms. The van der Waals surface area contributed by atoms with Crippen molar-refractivity contribution >= 4 is 11.6 Å². The number of nitrogens with one attached hydrogen (secondary N) is 1. The van der Waals surface area contributed by atoms with Crippen molar-refractivity contribution in [2.75, 3.05) is 6.61 Å². The first kappa shape index (κ1) is 24.1. The number of hydrogen-bond acceptors (Lipinski definition) is 5. The molecular formula is C29H37N3O3. The Morgan fingerprint density at radius 2 is 1.97 bits per heavy atom. The highest BCUT2D eigenvalue weighted by Gasteiger charge is 2.63. The maximum atomic E-state index is 12.1. The highest BCUT2D eigenvalue weighted by molar-refractivity contribution is 5.96. The Morgan fingerprint density at radius 1 is 1.20 bits per heavy atom. The molecule has 4 aliphatic rings. The van der Waals surface area contributed by atoms with E-state index in [1.54, 1.807) is 12.4 Å². The van der Waals surface area contributed by atoms with E-state index in [1.807, 2.05) is 12.1 Å². The number of terminal acetylenes is 1. The molecule has 35 heavy (non-hydrogen) atoms. The highest BCUT2D eigenvalue weighted by Crippen LogP contribution is 2.67. The number of allylic oxidation sites excluding steroid dienone is 2. The molecule has 0 bridgehead atoms. The van der Waals surface area contributed by atoms with E-state index in [2.05, 4.69) is 41.3 Å². The van der Waals surface area contributed by atoms with Crippen LogP contribution in [0.25, 0.3) is 0 Å². The van der Waals surface area contributed by atoms with Crippen LogP contribution in [0.15, 0.2) is 41.3 Å². The van der Waals surface area contributed by atoms with Crippen LogP contribution < -0.4 is 5.32 Å². The molecule has 2 N–H and O–H groups in total. The number of carbonyl (C=O) groups is 1. The number of fused-ring (bicyclic) bond motifs is 5. The van der Waals surface area contributed by atoms with E-state index >= 15 is 0 Å². The van der Waals surface area contributed by atoms with Crippen LogP contribution in [0.2, 0.25) is 0 Å². The topological polar surface area (TPSA) is 83.8 Å². The molecule has 1 aromatic rings. The number of nitrogens with zero attached hydrogens (tertiary/aromatic N) is 2. The molecule has 0 spiro atoms. The normalized spacial score (nSPS) is 39.0. The van der Waals surface area contributed by atoms with Crippen molar-refractivity contribution in [1.82, 2.24) is 10.3 Å². The molecule has 1 aromatic heterocycles. The van der Waals surface area contributed by atoms with Gasteiger partial charge in [-0.25, -0.2) is 0 Å². The molecule has 3 fully saturated rings. The summed E-state index contributed by atoms with van der Waals surface area (Å²) in [4.78, 5) is 21.5. The first-order valence-electron chi connectivity index (χ1n) is 13.0. The average Bonchev–Trinajstić information content (AvgIpc) is 3.14. The quantitative estimate of drug-likeness (QED) is 0.488. The maximum absolute atomic E-state index is 12.1. The number of carbonyl (C=O) groups excluding carboxylic acids is 1. The van der Waals surface area contributed by atoms with E-state index in [1.165, 1.54) is 5.57 Å². The van der Waals surface area contributed by atoms with Gasteiger partial charge in [-0.3, -0.25) is 9.78 Å². The Kier molecular flexibility index (Phi) is 6.25. The molecule has 0 aliphatic heterocycles. The summed E-state index contributed by atoms with van der Waals surface area (Å²) in [5.74, 6) is 4.34. The zero-order valence-corrected chi connectivity index (χ0v) is 20.9. The van der Waals surface area contributed by atoms with E-state index < -0.39 is 5.60 Å². The summed E-state index contributed by atoms with van der Waals surface area (Å²) in [6, 6.07) is 3.74. The smallest absolute Gasteiger partial charge is 0.261 e. The van der Waals surface area contributed by atoms with Crippen molar-refractivity contribution in [2.45, 2.75) is 77.4 Å². The van der Waals surface area contributed by atoms with Crippen LogP contribution in [0.5, 0.6) is 0 Å². The standard InChI is InChI=1S/C29H37N3O3/c1-4-29(34)14-9-25-23-6-5-21-17-22(7-12-27(21,2)24(23)8-13-28(25,29)3)32-35-19-26(33)31-18-20-10-15-30-16-11-20/h1,10-11,15-17,23-25,34H,5-9,12-14,18-19H2,2-3H3,(H,31,33)/b32-22-/t23-,24+,25+,27+,28+,29-/m1/s1. The van der Waals surface area contributed by atoms with Crippen LogP contribution in [0.3, 0.4) is 0 Å². The van der Waals surface area contributed by atoms with Crippen LogP contribution in [0.4, 0.5) is 0 Å². The highest BCUT2D eigenvalue weighted by atomic mass is 16.6.